The van der Waals surface area contributed by atoms with Gasteiger partial charge in [0, 0.05) is 24.6 Å². The van der Waals surface area contributed by atoms with Gasteiger partial charge in [0.05, 0.1) is 0 Å². The van der Waals surface area contributed by atoms with Gasteiger partial charge in [-0.3, -0.25) is 4.79 Å². The first-order chi connectivity index (χ1) is 14.5. The monoisotopic (exact) mass is 412 g/mol. The van der Waals surface area contributed by atoms with Gasteiger partial charge in [-0.05, 0) is 43.0 Å². The molecule has 8 heteroatoms. The van der Waals surface area contributed by atoms with Crippen molar-refractivity contribution in [2.75, 3.05) is 6.54 Å². The molecular formula is C22H22F2N4O2. The van der Waals surface area contributed by atoms with Crippen LogP contribution in [-0.4, -0.2) is 33.5 Å². The van der Waals surface area contributed by atoms with Crippen molar-refractivity contribution in [1.29, 1.82) is 0 Å². The number of nitrogens with zero attached hydrogens (tertiary/aromatic N) is 3. The lowest BCUT2D eigenvalue weighted by molar-refractivity contribution is -0.132. The zero-order chi connectivity index (χ0) is 21.1. The lowest BCUT2D eigenvalue weighted by Crippen LogP contribution is -2.36. The van der Waals surface area contributed by atoms with Crippen LogP contribution >= 0.6 is 0 Å². The first-order valence-electron chi connectivity index (χ1n) is 9.89. The summed E-state index contributed by atoms with van der Waals surface area (Å²) in [6.45, 7) is 0.563. The third-order valence-electron chi connectivity index (χ3n) is 5.26. The van der Waals surface area contributed by atoms with Crippen LogP contribution in [-0.2, 0) is 11.2 Å². The first-order valence-corrected chi connectivity index (χ1v) is 9.89. The molecule has 4 rings (SSSR count). The summed E-state index contributed by atoms with van der Waals surface area (Å²) in [7, 11) is 0. The SMILES string of the molecule is N[C@@H](CC(=O)N1CCC[C@@H]1c1nc(-c2cccc(F)c2)no1)Cc1ccccc1F. The van der Waals surface area contributed by atoms with E-state index in [1.165, 1.54) is 18.2 Å². The Balaban J connectivity index is 1.43. The van der Waals surface area contributed by atoms with Gasteiger partial charge in [-0.2, -0.15) is 4.98 Å². The normalized spacial score (nSPS) is 17.3. The summed E-state index contributed by atoms with van der Waals surface area (Å²) in [5.74, 6) is -0.245. The minimum atomic E-state index is -0.499. The van der Waals surface area contributed by atoms with E-state index in [0.717, 1.165) is 6.42 Å². The molecule has 0 radical (unpaired) electrons. The Labute approximate surface area is 172 Å². The van der Waals surface area contributed by atoms with Crippen LogP contribution in [0.15, 0.2) is 53.1 Å². The van der Waals surface area contributed by atoms with E-state index in [9.17, 15) is 13.6 Å². The van der Waals surface area contributed by atoms with Crippen molar-refractivity contribution in [1.82, 2.24) is 15.0 Å². The maximum atomic E-state index is 13.8. The molecule has 30 heavy (non-hydrogen) atoms. The quantitative estimate of drug-likeness (QED) is 0.668. The molecule has 0 unspecified atom stereocenters. The van der Waals surface area contributed by atoms with Gasteiger partial charge in [-0.25, -0.2) is 8.78 Å². The number of carbonyl (C=O) groups is 1. The Morgan fingerprint density at radius 2 is 2.07 bits per heavy atom. The summed E-state index contributed by atoms with van der Waals surface area (Å²) >= 11 is 0. The molecule has 1 aromatic heterocycles. The van der Waals surface area contributed by atoms with Gasteiger partial charge in [0.2, 0.25) is 17.6 Å². The summed E-state index contributed by atoms with van der Waals surface area (Å²) in [6.07, 6.45) is 1.87. The van der Waals surface area contributed by atoms with Crippen molar-refractivity contribution in [2.45, 2.75) is 37.8 Å². The number of benzene rings is 2. The second-order valence-electron chi connectivity index (χ2n) is 7.47. The number of nitrogens with two attached hydrogens (primary N) is 1. The van der Waals surface area contributed by atoms with Gasteiger partial charge >= 0.3 is 0 Å². The molecule has 1 amide bonds. The number of amides is 1. The van der Waals surface area contributed by atoms with Crippen molar-refractivity contribution in [3.63, 3.8) is 0 Å². The van der Waals surface area contributed by atoms with Gasteiger partial charge in [0.1, 0.15) is 17.7 Å². The third-order valence-corrected chi connectivity index (χ3v) is 5.26. The highest BCUT2D eigenvalue weighted by atomic mass is 19.1. The Morgan fingerprint density at radius 3 is 2.87 bits per heavy atom. The molecule has 1 fully saturated rings. The largest absolute Gasteiger partial charge is 0.337 e. The van der Waals surface area contributed by atoms with E-state index >= 15 is 0 Å². The Kier molecular flexibility index (Phi) is 5.85. The van der Waals surface area contributed by atoms with Crippen molar-refractivity contribution >= 4 is 5.91 Å². The molecule has 156 valence electrons. The average Bonchev–Trinajstić information content (AvgIpc) is 3.39. The van der Waals surface area contributed by atoms with E-state index < -0.39 is 6.04 Å². The molecule has 2 N–H and O–H groups in total. The zero-order valence-corrected chi connectivity index (χ0v) is 16.3. The molecule has 2 aromatic carbocycles. The van der Waals surface area contributed by atoms with E-state index in [1.54, 1.807) is 35.2 Å². The molecule has 0 aliphatic carbocycles. The molecule has 6 nitrogen and oxygen atoms in total. The standard InChI is InChI=1S/C22H22F2N4O2/c23-16-7-3-6-15(11-16)21-26-22(30-27-21)19-9-4-10-28(19)20(29)13-17(25)12-14-5-1-2-8-18(14)24/h1-3,5-8,11,17,19H,4,9-10,12-13,25H2/t17-,19-/m1/s1. The van der Waals surface area contributed by atoms with Crippen LogP contribution < -0.4 is 5.73 Å². The highest BCUT2D eigenvalue weighted by Gasteiger charge is 2.34. The average molecular weight is 412 g/mol. The fourth-order valence-corrected chi connectivity index (χ4v) is 3.80. The number of halogens is 2. The number of likely N-dealkylation sites (tertiary alicyclic amines) is 1. The highest BCUT2D eigenvalue weighted by molar-refractivity contribution is 5.77. The maximum Gasteiger partial charge on any atom is 0.249 e. The highest BCUT2D eigenvalue weighted by Crippen LogP contribution is 2.32. The Bertz CT molecular complexity index is 1040. The second-order valence-corrected chi connectivity index (χ2v) is 7.47. The first kappa shape index (κ1) is 20.2. The number of hydrogen-bond acceptors (Lipinski definition) is 5. The number of hydrogen-bond donors (Lipinski definition) is 1. The fraction of sp³-hybridized carbons (Fsp3) is 0.318. The smallest absolute Gasteiger partial charge is 0.249 e. The molecule has 2 heterocycles. The summed E-state index contributed by atoms with van der Waals surface area (Å²) in [5, 5.41) is 3.94. The van der Waals surface area contributed by atoms with Crippen molar-refractivity contribution < 1.29 is 18.1 Å². The summed E-state index contributed by atoms with van der Waals surface area (Å²) < 4.78 is 32.7. The van der Waals surface area contributed by atoms with E-state index in [-0.39, 0.29) is 42.2 Å². The molecule has 1 saturated heterocycles. The zero-order valence-electron chi connectivity index (χ0n) is 16.3. The summed E-state index contributed by atoms with van der Waals surface area (Å²) in [6, 6.07) is 11.5. The van der Waals surface area contributed by atoms with Crippen LogP contribution in [0, 0.1) is 11.6 Å². The van der Waals surface area contributed by atoms with Crippen LogP contribution in [0.1, 0.15) is 36.8 Å². The third kappa shape index (κ3) is 4.38. The van der Waals surface area contributed by atoms with Crippen molar-refractivity contribution in [3.8, 4) is 11.4 Å². The molecule has 0 bridgehead atoms. The van der Waals surface area contributed by atoms with Gasteiger partial charge < -0.3 is 15.2 Å². The van der Waals surface area contributed by atoms with Crippen LogP contribution in [0.2, 0.25) is 0 Å². The van der Waals surface area contributed by atoms with Gasteiger partial charge in [-0.1, -0.05) is 35.5 Å². The molecule has 1 aliphatic rings. The minimum Gasteiger partial charge on any atom is -0.337 e. The number of rotatable bonds is 6. The molecule has 0 saturated carbocycles. The lowest BCUT2D eigenvalue weighted by Gasteiger charge is -2.23. The van der Waals surface area contributed by atoms with E-state index in [4.69, 9.17) is 10.3 Å². The molecule has 1 aliphatic heterocycles. The van der Waals surface area contributed by atoms with E-state index in [1.807, 2.05) is 0 Å². The Hall–Kier alpha value is -3.13. The van der Waals surface area contributed by atoms with Crippen molar-refractivity contribution in [3.05, 3.63) is 71.6 Å². The number of aromatic nitrogens is 2. The van der Waals surface area contributed by atoms with Gasteiger partial charge in [0.25, 0.3) is 0 Å². The second kappa shape index (κ2) is 8.71. The molecule has 0 spiro atoms. The van der Waals surface area contributed by atoms with Crippen LogP contribution in [0.25, 0.3) is 11.4 Å². The van der Waals surface area contributed by atoms with Crippen LogP contribution in [0.4, 0.5) is 8.78 Å². The van der Waals surface area contributed by atoms with E-state index in [2.05, 4.69) is 10.1 Å². The van der Waals surface area contributed by atoms with Gasteiger partial charge in [0.15, 0.2) is 0 Å². The minimum absolute atomic E-state index is 0.0930. The fourth-order valence-electron chi connectivity index (χ4n) is 3.80. The van der Waals surface area contributed by atoms with Crippen molar-refractivity contribution in [2.24, 2.45) is 5.73 Å². The molecule has 3 aromatic rings. The molecule has 2 atom stereocenters. The lowest BCUT2D eigenvalue weighted by atomic mass is 10.0. The van der Waals surface area contributed by atoms with Crippen LogP contribution in [0.5, 0.6) is 0 Å². The Morgan fingerprint density at radius 1 is 1.23 bits per heavy atom. The number of carbonyl (C=O) groups excluding carboxylic acids is 1. The maximum absolute atomic E-state index is 13.8. The van der Waals surface area contributed by atoms with Crippen LogP contribution in [0.3, 0.4) is 0 Å². The summed E-state index contributed by atoms with van der Waals surface area (Å²) in [4.78, 5) is 18.9. The van der Waals surface area contributed by atoms with E-state index in [0.29, 0.717) is 30.0 Å². The predicted octanol–water partition coefficient (Wildman–Crippen LogP) is 3.64. The molecular weight excluding hydrogens is 390 g/mol. The topological polar surface area (TPSA) is 85.3 Å². The summed E-state index contributed by atoms with van der Waals surface area (Å²) in [5.41, 5.74) is 7.12. The van der Waals surface area contributed by atoms with Gasteiger partial charge in [-0.15, -0.1) is 0 Å². The predicted molar refractivity (Wildman–Crippen MR) is 106 cm³/mol.